The van der Waals surface area contributed by atoms with Crippen LogP contribution in [-0.4, -0.2) is 116 Å². The molecule has 2 radical (unpaired) electrons. The summed E-state index contributed by atoms with van der Waals surface area (Å²) in [6.07, 6.45) is 22.0. The van der Waals surface area contributed by atoms with Gasteiger partial charge in [0.2, 0.25) is 0 Å². The number of Topliss-reactive ketones (excluding diaryl/α,β-unsaturated/α-hetero) is 1. The molecule has 10 rings (SSSR count). The van der Waals surface area contributed by atoms with Gasteiger partial charge in [-0.15, -0.1) is 35.1 Å². The molecule has 0 atom stereocenters. The minimum Gasteiger partial charge on any atom is -0.481 e. The maximum atomic E-state index is 11.3. The maximum Gasteiger partial charge on any atom is 1.00 e. The molecule has 4 aromatic rings. The van der Waals surface area contributed by atoms with Crippen LogP contribution in [0.15, 0.2) is 12.7 Å². The summed E-state index contributed by atoms with van der Waals surface area (Å²) in [6.45, 7) is 8.94. The standard InChI is InChI=1S/C18H24N4S.C15H17N3OS.C4H6BO2.C3H7N.C2H4O2.ClH.Na.2H2O/c1-3-14-15(4-1)23-18-16(14)17(19-11-20-18)21-12-5-7-13(8-6-12)22-9-2-10-22;19-10-6-4-9(5-7-10)18-14-13-11-2-1-3-12(11)20-15(13)17-8-16-14;1-3(6)5-4(2)7;1-2-4-3-1;1-2(3)4;;;;/h11-13H,1-10H2,(H,19,20,21);8-9H,1-7H2,(H,16,17,18);1-2H3;4H,1-3H2;1H3,(H,3,4);1H;;2*1H2/q;;-1;;;;+1;;. The van der Waals surface area contributed by atoms with Gasteiger partial charge in [-0.25, -0.2) is 19.9 Å². The van der Waals surface area contributed by atoms with E-state index in [1.807, 2.05) is 22.7 Å². The maximum absolute atomic E-state index is 11.3. The Morgan fingerprint density at radius 3 is 1.47 bits per heavy atom. The zero-order valence-electron chi connectivity index (χ0n) is 36.6. The quantitative estimate of drug-likeness (QED) is 0.195. The molecule has 0 amide bonds. The van der Waals surface area contributed by atoms with Crippen molar-refractivity contribution in [2.24, 2.45) is 0 Å². The number of carboxylic acid groups (broad SMARTS) is 1. The van der Waals surface area contributed by atoms with E-state index >= 15 is 0 Å². The molecule has 0 bridgehead atoms. The van der Waals surface area contributed by atoms with Crippen LogP contribution in [0.5, 0.6) is 0 Å². The number of halogens is 1. The van der Waals surface area contributed by atoms with E-state index in [-0.39, 0.29) is 64.3 Å². The fourth-order valence-electron chi connectivity index (χ4n) is 8.30. The van der Waals surface area contributed by atoms with Crippen LogP contribution in [0.1, 0.15) is 119 Å². The van der Waals surface area contributed by atoms with E-state index in [4.69, 9.17) is 9.90 Å². The summed E-state index contributed by atoms with van der Waals surface area (Å²) in [5.74, 6) is 1.64. The van der Waals surface area contributed by atoms with Crippen molar-refractivity contribution in [3.63, 3.8) is 0 Å². The molecule has 2 aliphatic heterocycles. The van der Waals surface area contributed by atoms with Crippen LogP contribution in [0.25, 0.3) is 20.4 Å². The average Bonchev–Trinajstić information content (AvgIpc) is 3.91. The molecule has 62 heavy (non-hydrogen) atoms. The number of ketones is 1. The molecule has 15 nitrogen and oxygen atoms in total. The average molecular weight is 925 g/mol. The number of hydrogen-bond donors (Lipinski definition) is 4. The molecule has 6 heterocycles. The number of aliphatic carboxylic acids is 1. The number of carbonyl (C=O) groups is 4. The van der Waals surface area contributed by atoms with Gasteiger partial charge in [0.05, 0.1) is 10.8 Å². The second kappa shape index (κ2) is 27.6. The Bertz CT molecular complexity index is 2030. The van der Waals surface area contributed by atoms with Gasteiger partial charge < -0.3 is 46.5 Å². The third kappa shape index (κ3) is 15.8. The van der Waals surface area contributed by atoms with Crippen LogP contribution < -0.4 is 45.5 Å². The zero-order valence-corrected chi connectivity index (χ0v) is 41.1. The third-order valence-electron chi connectivity index (χ3n) is 11.4. The van der Waals surface area contributed by atoms with E-state index in [0.717, 1.165) is 56.0 Å². The first kappa shape index (κ1) is 55.5. The van der Waals surface area contributed by atoms with E-state index in [2.05, 4.69) is 40.8 Å². The first-order valence-electron chi connectivity index (χ1n) is 21.1. The van der Waals surface area contributed by atoms with Crippen molar-refractivity contribution in [2.75, 3.05) is 36.8 Å². The number of aryl methyl sites for hydroxylation is 4. The van der Waals surface area contributed by atoms with Crippen molar-refractivity contribution in [2.45, 2.75) is 142 Å². The number of hydrogen-bond acceptors (Lipinski definition) is 14. The topological polar surface area (TPSA) is 242 Å². The second-order valence-electron chi connectivity index (χ2n) is 16.0. The summed E-state index contributed by atoms with van der Waals surface area (Å²) in [7, 11) is 1.06. The molecular formula is C42H63BClN8NaO7S2. The van der Waals surface area contributed by atoms with E-state index in [1.165, 1.54) is 142 Å². The predicted octanol–water partition coefficient (Wildman–Crippen LogP) is 2.34. The number of carboxylic acids is 1. The predicted molar refractivity (Wildman–Crippen MR) is 248 cm³/mol. The largest absolute Gasteiger partial charge is 1.00 e. The Kier molecular flexibility index (Phi) is 24.7. The molecule has 2 saturated carbocycles. The minimum absolute atomic E-state index is 0. The Morgan fingerprint density at radius 1 is 0.694 bits per heavy atom. The van der Waals surface area contributed by atoms with Crippen LogP contribution in [-0.2, 0) is 44.9 Å². The molecule has 336 valence electrons. The van der Waals surface area contributed by atoms with E-state index < -0.39 is 5.97 Å². The fourth-order valence-corrected chi connectivity index (χ4v) is 10.8. The molecule has 2 saturated heterocycles. The van der Waals surface area contributed by atoms with Crippen LogP contribution in [0.3, 0.4) is 0 Å². The number of fused-ring (bicyclic) bond motifs is 6. The number of nitrogens with one attached hydrogen (secondary N) is 3. The first-order chi connectivity index (χ1) is 28.0. The number of likely N-dealkylation sites (tertiary alicyclic amines) is 1. The number of anilines is 2. The van der Waals surface area contributed by atoms with E-state index in [9.17, 15) is 14.4 Å². The molecule has 4 fully saturated rings. The van der Waals surface area contributed by atoms with Crippen molar-refractivity contribution in [1.29, 1.82) is 0 Å². The normalized spacial score (nSPS) is 19.5. The Morgan fingerprint density at radius 2 is 1.11 bits per heavy atom. The molecule has 20 heteroatoms. The van der Waals surface area contributed by atoms with Gasteiger partial charge in [-0.3, -0.25) is 9.59 Å². The molecule has 4 aliphatic carbocycles. The number of aromatic nitrogens is 4. The van der Waals surface area contributed by atoms with Crippen LogP contribution in [0, 0.1) is 0 Å². The fraction of sp³-hybridized carbons (Fsp3) is 0.619. The molecule has 8 N–H and O–H groups in total. The Balaban J connectivity index is 0.000000309. The van der Waals surface area contributed by atoms with Gasteiger partial charge >= 0.3 is 29.6 Å². The molecule has 0 unspecified atom stereocenters. The monoisotopic (exact) mass is 924 g/mol. The Hall–Kier alpha value is -2.65. The molecular weight excluding hydrogens is 862 g/mol. The smallest absolute Gasteiger partial charge is 0.481 e. The number of nitrogens with zero attached hydrogens (tertiary/aromatic N) is 5. The zero-order chi connectivity index (χ0) is 41.0. The van der Waals surface area contributed by atoms with Crippen molar-refractivity contribution in [1.82, 2.24) is 30.2 Å². The molecule has 4 aromatic heterocycles. The summed E-state index contributed by atoms with van der Waals surface area (Å²) >= 11 is 3.70. The van der Waals surface area contributed by atoms with Crippen molar-refractivity contribution < 1.29 is 64.8 Å². The molecule has 0 spiro atoms. The summed E-state index contributed by atoms with van der Waals surface area (Å²) < 4.78 is 0. The summed E-state index contributed by atoms with van der Waals surface area (Å²) in [5, 5.41) is 20.4. The van der Waals surface area contributed by atoms with Crippen molar-refractivity contribution >= 4 is 97.5 Å². The van der Waals surface area contributed by atoms with Gasteiger partial charge in [0.1, 0.15) is 39.7 Å². The van der Waals surface area contributed by atoms with Crippen LogP contribution in [0.2, 0.25) is 0 Å². The first-order valence-corrected chi connectivity index (χ1v) is 22.7. The van der Waals surface area contributed by atoms with Crippen LogP contribution in [0.4, 0.5) is 11.6 Å². The summed E-state index contributed by atoms with van der Waals surface area (Å²) in [5.41, 5.74) is 2.61. The Labute approximate surface area is 401 Å². The molecule has 6 aliphatic rings. The van der Waals surface area contributed by atoms with E-state index in [1.54, 1.807) is 17.5 Å². The molecule has 0 aromatic carbocycles. The third-order valence-corrected chi connectivity index (χ3v) is 13.8. The number of rotatable bonds is 7. The van der Waals surface area contributed by atoms with E-state index in [0.29, 0.717) is 30.7 Å². The van der Waals surface area contributed by atoms with Crippen molar-refractivity contribution in [3.8, 4) is 0 Å². The summed E-state index contributed by atoms with van der Waals surface area (Å²) in [4.78, 5) is 66.3. The summed E-state index contributed by atoms with van der Waals surface area (Å²) in [6, 6.07) is 1.81. The minimum atomic E-state index is -0.833. The van der Waals surface area contributed by atoms with Gasteiger partial charge in [-0.2, -0.15) is 7.28 Å². The van der Waals surface area contributed by atoms with Gasteiger partial charge in [0, 0.05) is 47.6 Å². The van der Waals surface area contributed by atoms with Crippen LogP contribution >= 0.6 is 35.1 Å². The number of thiophene rings is 2. The SMILES string of the molecule is C1CNC1.CC(=O)O.CC(=O)[B-]C(C)=O.Cl.O.O.O=C1CCC(Nc2ncnc3sc4c(c23)CCC4)CC1.[Na+].c1nc(NC2CCC(N3CCC3)CC2)c2c3c(sc2n1)CCC3. The van der Waals surface area contributed by atoms with Crippen molar-refractivity contribution in [3.05, 3.63) is 33.5 Å². The van der Waals surface area contributed by atoms with Gasteiger partial charge in [0.25, 0.3) is 5.97 Å². The second-order valence-corrected chi connectivity index (χ2v) is 18.2. The van der Waals surface area contributed by atoms with Gasteiger partial charge in [0.15, 0.2) is 0 Å². The van der Waals surface area contributed by atoms with Gasteiger partial charge in [-0.05, 0) is 127 Å². The number of carbonyl (C=O) groups excluding carboxylic acids is 3. The van der Waals surface area contributed by atoms with Gasteiger partial charge in [-0.1, -0.05) is 25.2 Å².